The monoisotopic (exact) mass is 596 g/mol. The second-order valence-corrected chi connectivity index (χ2v) is 11.4. The molecular weight excluding hydrogens is 568 g/mol. The van der Waals surface area contributed by atoms with Crippen molar-refractivity contribution < 1.29 is 36.5 Å². The zero-order valence-electron chi connectivity index (χ0n) is 22.6. The minimum absolute atomic E-state index is 0.0451. The molecule has 0 atom stereocenters. The molecule has 3 amide bonds. The minimum atomic E-state index is -4.22. The van der Waals surface area contributed by atoms with Gasteiger partial charge in [0.2, 0.25) is 5.91 Å². The first kappa shape index (κ1) is 29.7. The molecule has 3 aromatic carbocycles. The standard InChI is InChI=1S/C29H28N2O8S2/c1-4-37-26-17-21(7-14-25(26)39-41(35,36)24-12-8-22(9-13-24)30-20(3)32)18-27-28(33)31(29(34)40-27)15-16-38-23-10-5-19(2)6-11-23/h5-14,17-18H,4,15-16H2,1-3H3,(H,30,32)/b27-18-. The van der Waals surface area contributed by atoms with Gasteiger partial charge in [0.25, 0.3) is 11.1 Å². The molecule has 0 spiro atoms. The lowest BCUT2D eigenvalue weighted by atomic mass is 10.2. The van der Waals surface area contributed by atoms with E-state index in [9.17, 15) is 22.8 Å². The van der Waals surface area contributed by atoms with Crippen LogP contribution in [0.1, 0.15) is 25.0 Å². The average Bonchev–Trinajstić information content (AvgIpc) is 3.18. The molecule has 1 N–H and O–H groups in total. The molecule has 41 heavy (non-hydrogen) atoms. The Balaban J connectivity index is 1.46. The number of aryl methyl sites for hydroxylation is 1. The predicted molar refractivity (Wildman–Crippen MR) is 156 cm³/mol. The summed E-state index contributed by atoms with van der Waals surface area (Å²) in [7, 11) is -4.22. The summed E-state index contributed by atoms with van der Waals surface area (Å²) in [4.78, 5) is 37.8. The van der Waals surface area contributed by atoms with Gasteiger partial charge in [0.15, 0.2) is 11.5 Å². The van der Waals surface area contributed by atoms with Gasteiger partial charge in [-0.25, -0.2) is 0 Å². The van der Waals surface area contributed by atoms with Crippen molar-refractivity contribution in [2.45, 2.75) is 25.7 Å². The van der Waals surface area contributed by atoms with E-state index in [4.69, 9.17) is 13.7 Å². The second kappa shape index (κ2) is 12.9. The summed E-state index contributed by atoms with van der Waals surface area (Å²) >= 11 is 0.809. The Morgan fingerprint density at radius 2 is 1.68 bits per heavy atom. The quantitative estimate of drug-likeness (QED) is 0.234. The van der Waals surface area contributed by atoms with Crippen LogP contribution in [-0.2, 0) is 19.7 Å². The number of nitrogens with one attached hydrogen (secondary N) is 1. The van der Waals surface area contributed by atoms with Crippen molar-refractivity contribution in [2.75, 3.05) is 25.1 Å². The predicted octanol–water partition coefficient (Wildman–Crippen LogP) is 5.24. The van der Waals surface area contributed by atoms with Crippen LogP contribution in [0.5, 0.6) is 17.2 Å². The summed E-state index contributed by atoms with van der Waals surface area (Å²) in [6.07, 6.45) is 1.53. The first-order valence-electron chi connectivity index (χ1n) is 12.6. The molecule has 1 aliphatic heterocycles. The molecular formula is C29H28N2O8S2. The minimum Gasteiger partial charge on any atom is -0.492 e. The summed E-state index contributed by atoms with van der Waals surface area (Å²) in [5.41, 5.74) is 2.05. The van der Waals surface area contributed by atoms with Crippen LogP contribution in [0.4, 0.5) is 10.5 Å². The third kappa shape index (κ3) is 7.68. The molecule has 0 bridgehead atoms. The average molecular weight is 597 g/mol. The number of hydrogen-bond donors (Lipinski definition) is 1. The van der Waals surface area contributed by atoms with Crippen LogP contribution in [0.25, 0.3) is 6.08 Å². The maximum absolute atomic E-state index is 12.9. The van der Waals surface area contributed by atoms with Gasteiger partial charge in [0, 0.05) is 12.6 Å². The molecule has 0 aromatic heterocycles. The van der Waals surface area contributed by atoms with Gasteiger partial charge in [-0.2, -0.15) is 8.42 Å². The highest BCUT2D eigenvalue weighted by Crippen LogP contribution is 2.35. The third-order valence-electron chi connectivity index (χ3n) is 5.71. The van der Waals surface area contributed by atoms with Gasteiger partial charge in [-0.15, -0.1) is 0 Å². The van der Waals surface area contributed by atoms with Crippen LogP contribution in [-0.4, -0.2) is 50.1 Å². The Bertz CT molecular complexity index is 1580. The lowest BCUT2D eigenvalue weighted by Crippen LogP contribution is -2.32. The van der Waals surface area contributed by atoms with Crippen LogP contribution in [0, 0.1) is 6.92 Å². The Kier molecular flexibility index (Phi) is 9.35. The Labute approximate surface area is 242 Å². The largest absolute Gasteiger partial charge is 0.492 e. The number of hydrogen-bond acceptors (Lipinski definition) is 9. The lowest BCUT2D eigenvalue weighted by molar-refractivity contribution is -0.123. The molecule has 0 unspecified atom stereocenters. The molecule has 1 aliphatic rings. The fourth-order valence-corrected chi connectivity index (χ4v) is 5.56. The summed E-state index contributed by atoms with van der Waals surface area (Å²) in [5.74, 6) is 0.0147. The van der Waals surface area contributed by atoms with E-state index in [-0.39, 0.29) is 47.0 Å². The van der Waals surface area contributed by atoms with E-state index in [1.807, 2.05) is 31.2 Å². The first-order valence-corrected chi connectivity index (χ1v) is 14.8. The van der Waals surface area contributed by atoms with Crippen molar-refractivity contribution in [1.82, 2.24) is 4.90 Å². The highest BCUT2D eigenvalue weighted by Gasteiger charge is 2.35. The number of thioether (sulfide) groups is 1. The van der Waals surface area contributed by atoms with Gasteiger partial charge in [-0.05, 0) is 85.8 Å². The smallest absolute Gasteiger partial charge is 0.339 e. The molecule has 4 rings (SSSR count). The molecule has 1 saturated heterocycles. The third-order valence-corrected chi connectivity index (χ3v) is 7.86. The van der Waals surface area contributed by atoms with E-state index < -0.39 is 21.3 Å². The van der Waals surface area contributed by atoms with Crippen molar-refractivity contribution in [3.63, 3.8) is 0 Å². The summed E-state index contributed by atoms with van der Waals surface area (Å²) in [6, 6.07) is 17.5. The molecule has 214 valence electrons. The number of carbonyl (C=O) groups excluding carboxylic acids is 3. The van der Waals surface area contributed by atoms with E-state index in [0.717, 1.165) is 22.2 Å². The van der Waals surface area contributed by atoms with Gasteiger partial charge in [0.05, 0.1) is 18.1 Å². The number of benzene rings is 3. The summed E-state index contributed by atoms with van der Waals surface area (Å²) < 4.78 is 42.4. The zero-order valence-corrected chi connectivity index (χ0v) is 24.2. The molecule has 10 nitrogen and oxygen atoms in total. The number of nitrogens with zero attached hydrogens (tertiary/aromatic N) is 1. The maximum atomic E-state index is 12.9. The number of carbonyl (C=O) groups is 3. The number of anilines is 1. The van der Waals surface area contributed by atoms with Crippen LogP contribution in [0.3, 0.4) is 0 Å². The first-order chi connectivity index (χ1) is 19.6. The van der Waals surface area contributed by atoms with Gasteiger partial charge in [-0.1, -0.05) is 23.8 Å². The van der Waals surface area contributed by atoms with Crippen molar-refractivity contribution in [2.24, 2.45) is 0 Å². The topological polar surface area (TPSA) is 128 Å². The fourth-order valence-electron chi connectivity index (χ4n) is 3.76. The molecule has 12 heteroatoms. The van der Waals surface area contributed by atoms with Gasteiger partial charge in [0.1, 0.15) is 17.3 Å². The van der Waals surface area contributed by atoms with Crippen molar-refractivity contribution in [3.05, 3.63) is 82.8 Å². The van der Waals surface area contributed by atoms with Crippen LogP contribution < -0.4 is 19.0 Å². The zero-order chi connectivity index (χ0) is 29.6. The number of amides is 3. The number of imide groups is 1. The SMILES string of the molecule is CCOc1cc(/C=C2\SC(=O)N(CCOc3ccc(C)cc3)C2=O)ccc1OS(=O)(=O)c1ccc(NC(C)=O)cc1. The van der Waals surface area contributed by atoms with Crippen LogP contribution >= 0.6 is 11.8 Å². The molecule has 1 heterocycles. The van der Waals surface area contributed by atoms with Gasteiger partial charge in [-0.3, -0.25) is 19.3 Å². The van der Waals surface area contributed by atoms with E-state index >= 15 is 0 Å². The second-order valence-electron chi connectivity index (χ2n) is 8.88. The Morgan fingerprint density at radius 3 is 2.34 bits per heavy atom. The van der Waals surface area contributed by atoms with Gasteiger partial charge < -0.3 is 19.0 Å². The number of ether oxygens (including phenoxy) is 2. The lowest BCUT2D eigenvalue weighted by Gasteiger charge is -2.14. The molecule has 0 saturated carbocycles. The van der Waals surface area contributed by atoms with E-state index in [1.165, 1.54) is 49.4 Å². The summed E-state index contributed by atoms with van der Waals surface area (Å²) in [6.45, 7) is 5.52. The van der Waals surface area contributed by atoms with Gasteiger partial charge >= 0.3 is 10.1 Å². The molecule has 1 fully saturated rings. The molecule has 0 aliphatic carbocycles. The Morgan fingerprint density at radius 1 is 0.976 bits per heavy atom. The maximum Gasteiger partial charge on any atom is 0.339 e. The Hall–Kier alpha value is -4.29. The molecule has 3 aromatic rings. The van der Waals surface area contributed by atoms with Crippen LogP contribution in [0.2, 0.25) is 0 Å². The highest BCUT2D eigenvalue weighted by molar-refractivity contribution is 8.18. The van der Waals surface area contributed by atoms with Crippen molar-refractivity contribution >= 4 is 50.7 Å². The van der Waals surface area contributed by atoms with Crippen molar-refractivity contribution in [1.29, 1.82) is 0 Å². The molecule has 0 radical (unpaired) electrons. The van der Waals surface area contributed by atoms with Crippen LogP contribution in [0.15, 0.2) is 76.5 Å². The summed E-state index contributed by atoms with van der Waals surface area (Å²) in [5, 5.41) is 2.16. The number of rotatable bonds is 11. The normalized spacial score (nSPS) is 14.3. The van der Waals surface area contributed by atoms with E-state index in [2.05, 4.69) is 5.32 Å². The van der Waals surface area contributed by atoms with Crippen molar-refractivity contribution in [3.8, 4) is 17.2 Å². The van der Waals surface area contributed by atoms with E-state index in [0.29, 0.717) is 17.0 Å². The fraction of sp³-hybridized carbons (Fsp3) is 0.207. The van der Waals surface area contributed by atoms with E-state index in [1.54, 1.807) is 13.0 Å². The highest BCUT2D eigenvalue weighted by atomic mass is 32.2.